The van der Waals surface area contributed by atoms with Gasteiger partial charge in [-0.05, 0) is 32.0 Å². The number of nitrogens with zero attached hydrogens (tertiary/aromatic N) is 1. The fraction of sp³-hybridized carbons (Fsp3) is 0.600. The highest BCUT2D eigenvalue weighted by molar-refractivity contribution is 7.15. The minimum absolute atomic E-state index is 0.0619. The van der Waals surface area contributed by atoms with Gasteiger partial charge in [0.2, 0.25) is 0 Å². The highest BCUT2D eigenvalue weighted by Gasteiger charge is 2.35. The third kappa shape index (κ3) is 1.95. The summed E-state index contributed by atoms with van der Waals surface area (Å²) in [5.74, 6) is 0. The molecule has 0 amide bonds. The van der Waals surface area contributed by atoms with Gasteiger partial charge in [-0.3, -0.25) is 10.1 Å². The molecule has 2 N–H and O–H groups in total. The van der Waals surface area contributed by atoms with Crippen LogP contribution in [-0.2, 0) is 5.41 Å². The summed E-state index contributed by atoms with van der Waals surface area (Å²) >= 11 is 1.18. The molecule has 0 radical (unpaired) electrons. The first kappa shape index (κ1) is 11.5. The maximum Gasteiger partial charge on any atom is 0.324 e. The zero-order valence-electron chi connectivity index (χ0n) is 8.81. The van der Waals surface area contributed by atoms with E-state index in [-0.39, 0.29) is 21.9 Å². The molecule has 1 fully saturated rings. The third-order valence-electron chi connectivity index (χ3n) is 3.16. The number of nitro groups is 1. The molecule has 0 saturated carbocycles. The zero-order valence-corrected chi connectivity index (χ0v) is 9.63. The van der Waals surface area contributed by atoms with Crippen LogP contribution in [0, 0.1) is 10.1 Å². The molecule has 1 aromatic rings. The smallest absolute Gasteiger partial charge is 0.324 e. The molecule has 88 valence electrons. The SMILES string of the molecule is O=[N+]([O-])c1ccc(C2(CO)CCNCC2)s1. The maximum atomic E-state index is 10.6. The normalized spacial score (nSPS) is 19.6. The molecule has 6 heteroatoms. The molecule has 0 atom stereocenters. The number of rotatable bonds is 3. The minimum Gasteiger partial charge on any atom is -0.395 e. The van der Waals surface area contributed by atoms with Crippen LogP contribution in [0.2, 0.25) is 0 Å². The Labute approximate surface area is 97.3 Å². The van der Waals surface area contributed by atoms with E-state index in [1.807, 2.05) is 0 Å². The molecule has 1 aliphatic heterocycles. The van der Waals surface area contributed by atoms with Crippen molar-refractivity contribution in [1.29, 1.82) is 0 Å². The predicted octanol–water partition coefficient (Wildman–Crippen LogP) is 1.27. The molecular formula is C10H14N2O3S. The second-order valence-electron chi connectivity index (χ2n) is 4.08. The molecule has 0 aliphatic carbocycles. The largest absolute Gasteiger partial charge is 0.395 e. The number of thiophene rings is 1. The summed E-state index contributed by atoms with van der Waals surface area (Å²) in [7, 11) is 0. The minimum atomic E-state index is -0.375. The van der Waals surface area contributed by atoms with E-state index in [1.165, 1.54) is 17.4 Å². The number of aliphatic hydroxyl groups excluding tert-OH is 1. The summed E-state index contributed by atoms with van der Waals surface area (Å²) in [6.07, 6.45) is 1.67. The highest BCUT2D eigenvalue weighted by Crippen LogP contribution is 2.39. The molecule has 5 nitrogen and oxygen atoms in total. The van der Waals surface area contributed by atoms with Gasteiger partial charge in [0.05, 0.1) is 11.5 Å². The van der Waals surface area contributed by atoms with E-state index >= 15 is 0 Å². The Morgan fingerprint density at radius 2 is 2.19 bits per heavy atom. The second kappa shape index (κ2) is 4.48. The molecule has 1 saturated heterocycles. The van der Waals surface area contributed by atoms with Crippen molar-refractivity contribution in [3.05, 3.63) is 27.1 Å². The van der Waals surface area contributed by atoms with Gasteiger partial charge < -0.3 is 10.4 Å². The van der Waals surface area contributed by atoms with Crippen LogP contribution in [0.15, 0.2) is 12.1 Å². The number of piperidine rings is 1. The van der Waals surface area contributed by atoms with Crippen LogP contribution in [0.3, 0.4) is 0 Å². The van der Waals surface area contributed by atoms with Crippen molar-refractivity contribution in [2.45, 2.75) is 18.3 Å². The van der Waals surface area contributed by atoms with E-state index in [4.69, 9.17) is 0 Å². The number of hydrogen-bond acceptors (Lipinski definition) is 5. The molecular weight excluding hydrogens is 228 g/mol. The Kier molecular flexibility index (Phi) is 3.22. The van der Waals surface area contributed by atoms with Gasteiger partial charge in [0.1, 0.15) is 0 Å². The summed E-state index contributed by atoms with van der Waals surface area (Å²) in [6.45, 7) is 1.77. The standard InChI is InChI=1S/C10H14N2O3S/c13-7-10(3-5-11-6-4-10)8-1-2-9(16-8)12(14)15/h1-2,11,13H,3-7H2. The summed E-state index contributed by atoms with van der Waals surface area (Å²) < 4.78 is 0. The Bertz CT molecular complexity index is 385. The van der Waals surface area contributed by atoms with Crippen LogP contribution in [0.5, 0.6) is 0 Å². The average molecular weight is 242 g/mol. The molecule has 1 aromatic heterocycles. The van der Waals surface area contributed by atoms with Gasteiger partial charge in [0, 0.05) is 16.4 Å². The van der Waals surface area contributed by atoms with Crippen LogP contribution in [-0.4, -0.2) is 29.7 Å². The van der Waals surface area contributed by atoms with Gasteiger partial charge in [-0.2, -0.15) is 0 Å². The van der Waals surface area contributed by atoms with Crippen LogP contribution in [0.4, 0.5) is 5.00 Å². The lowest BCUT2D eigenvalue weighted by atomic mass is 9.78. The van der Waals surface area contributed by atoms with Crippen molar-refractivity contribution in [2.75, 3.05) is 19.7 Å². The van der Waals surface area contributed by atoms with Crippen LogP contribution >= 0.6 is 11.3 Å². The monoisotopic (exact) mass is 242 g/mol. The van der Waals surface area contributed by atoms with Gasteiger partial charge in [-0.25, -0.2) is 0 Å². The molecule has 0 spiro atoms. The van der Waals surface area contributed by atoms with E-state index in [0.717, 1.165) is 30.8 Å². The van der Waals surface area contributed by atoms with Crippen molar-refractivity contribution >= 4 is 16.3 Å². The Morgan fingerprint density at radius 1 is 1.50 bits per heavy atom. The molecule has 1 aliphatic rings. The highest BCUT2D eigenvalue weighted by atomic mass is 32.1. The summed E-state index contributed by atoms with van der Waals surface area (Å²) in [5, 5.41) is 23.6. The van der Waals surface area contributed by atoms with Gasteiger partial charge in [-0.1, -0.05) is 11.3 Å². The first-order valence-corrected chi connectivity index (χ1v) is 6.06. The fourth-order valence-corrected chi connectivity index (χ4v) is 3.16. The lowest BCUT2D eigenvalue weighted by Gasteiger charge is -2.34. The number of nitrogens with one attached hydrogen (secondary N) is 1. The van der Waals surface area contributed by atoms with E-state index < -0.39 is 0 Å². The van der Waals surface area contributed by atoms with Crippen LogP contribution < -0.4 is 5.32 Å². The average Bonchev–Trinajstić information content (AvgIpc) is 2.80. The third-order valence-corrected chi connectivity index (χ3v) is 4.44. The van der Waals surface area contributed by atoms with E-state index in [9.17, 15) is 15.2 Å². The Balaban J connectivity index is 2.28. The van der Waals surface area contributed by atoms with Crippen molar-refractivity contribution < 1.29 is 10.0 Å². The van der Waals surface area contributed by atoms with Crippen molar-refractivity contribution in [2.24, 2.45) is 0 Å². The van der Waals surface area contributed by atoms with Crippen molar-refractivity contribution in [3.8, 4) is 0 Å². The van der Waals surface area contributed by atoms with Gasteiger partial charge >= 0.3 is 5.00 Å². The summed E-state index contributed by atoms with van der Waals surface area (Å²) in [4.78, 5) is 11.2. The topological polar surface area (TPSA) is 75.4 Å². The zero-order chi connectivity index (χ0) is 11.6. The number of aliphatic hydroxyl groups is 1. The molecule has 0 unspecified atom stereocenters. The first-order valence-electron chi connectivity index (χ1n) is 5.24. The van der Waals surface area contributed by atoms with Crippen LogP contribution in [0.25, 0.3) is 0 Å². The predicted molar refractivity (Wildman–Crippen MR) is 61.8 cm³/mol. The van der Waals surface area contributed by atoms with E-state index in [2.05, 4.69) is 5.32 Å². The molecule has 0 aromatic carbocycles. The van der Waals surface area contributed by atoms with Gasteiger partial charge in [-0.15, -0.1) is 0 Å². The van der Waals surface area contributed by atoms with E-state index in [0.29, 0.717) is 0 Å². The summed E-state index contributed by atoms with van der Waals surface area (Å²) in [5.41, 5.74) is -0.274. The quantitative estimate of drug-likeness (QED) is 0.618. The molecule has 0 bridgehead atoms. The van der Waals surface area contributed by atoms with E-state index in [1.54, 1.807) is 6.07 Å². The van der Waals surface area contributed by atoms with Gasteiger partial charge in [0.15, 0.2) is 0 Å². The first-order chi connectivity index (χ1) is 7.68. The maximum absolute atomic E-state index is 10.6. The van der Waals surface area contributed by atoms with Crippen molar-refractivity contribution in [3.63, 3.8) is 0 Å². The summed E-state index contributed by atoms with van der Waals surface area (Å²) in [6, 6.07) is 3.31. The fourth-order valence-electron chi connectivity index (χ4n) is 2.10. The Morgan fingerprint density at radius 3 is 2.69 bits per heavy atom. The molecule has 2 heterocycles. The lowest BCUT2D eigenvalue weighted by Crippen LogP contribution is -2.41. The van der Waals surface area contributed by atoms with Crippen LogP contribution in [0.1, 0.15) is 17.7 Å². The lowest BCUT2D eigenvalue weighted by molar-refractivity contribution is -0.380. The molecule has 2 rings (SSSR count). The second-order valence-corrected chi connectivity index (χ2v) is 5.15. The molecule has 16 heavy (non-hydrogen) atoms. The Hall–Kier alpha value is -0.980. The number of hydrogen-bond donors (Lipinski definition) is 2. The van der Waals surface area contributed by atoms with Crippen molar-refractivity contribution in [1.82, 2.24) is 5.32 Å². The van der Waals surface area contributed by atoms with Gasteiger partial charge in [0.25, 0.3) is 0 Å².